The molecule has 5 rings (SSSR count). The molecule has 11 nitrogen and oxygen atoms in total. The van der Waals surface area contributed by atoms with Crippen LogP contribution in [-0.2, 0) is 80.7 Å². The van der Waals surface area contributed by atoms with Crippen molar-refractivity contribution in [2.45, 2.75) is 183 Å². The van der Waals surface area contributed by atoms with Gasteiger partial charge in [0, 0.05) is 43.9 Å². The predicted octanol–water partition coefficient (Wildman–Crippen LogP) is 14.4. The van der Waals surface area contributed by atoms with Crippen molar-refractivity contribution in [1.29, 1.82) is 0 Å². The van der Waals surface area contributed by atoms with Crippen LogP contribution in [0.2, 0.25) is 0 Å². The first kappa shape index (κ1) is 60.5. The van der Waals surface area contributed by atoms with Gasteiger partial charge < -0.3 is 38.3 Å². The van der Waals surface area contributed by atoms with Gasteiger partial charge in [0.05, 0.1) is 33.0 Å². The molecule has 11 heteroatoms. The second-order valence-electron chi connectivity index (χ2n) is 19.9. The fourth-order valence-electron chi connectivity index (χ4n) is 9.71. The summed E-state index contributed by atoms with van der Waals surface area (Å²) in [5, 5.41) is 11.0. The van der Waals surface area contributed by atoms with Crippen molar-refractivity contribution in [3.8, 4) is 23.0 Å². The molecular weight excluding hydrogens is 957 g/mol. The smallest absolute Gasteiger partial charge is 0.330 e. The number of benzene rings is 4. The fraction of sp³-hybridized carbons (Fsp3) is 0.492. The van der Waals surface area contributed by atoms with Crippen molar-refractivity contribution in [3.05, 3.63) is 153 Å². The maximum absolute atomic E-state index is 12.7. The van der Waals surface area contributed by atoms with Gasteiger partial charge in [-0.2, -0.15) is 0 Å². The van der Waals surface area contributed by atoms with Crippen LogP contribution in [0.25, 0.3) is 0 Å². The van der Waals surface area contributed by atoms with E-state index in [1.54, 1.807) is 0 Å². The standard InChI is InChI=1S/C65H86O11/c1-8-15-19-23-27-70-62-51-31-47(43-66)32-52(62)40-54-34-49(45-75-60(68)13-6)36-56(64(54)72-29-25-21-17-10-3)42-58-38-50(46-76-61(69)14-7)37-57(65(58)73-30-26-22-18-11-4)41-55-35-48(44-74-59(67)12-5)33-53(39-51)63(55)71-28-24-20-16-9-2/h12-14,31-38,66H,5-11,15-30,39-46H2,1-4H3. The van der Waals surface area contributed by atoms with Crippen LogP contribution in [-0.4, -0.2) is 49.4 Å². The molecule has 1 aliphatic rings. The number of aliphatic hydroxyl groups is 1. The van der Waals surface area contributed by atoms with Crippen LogP contribution in [0.3, 0.4) is 0 Å². The zero-order chi connectivity index (χ0) is 54.5. The Labute approximate surface area is 454 Å². The molecule has 0 spiro atoms. The molecule has 0 radical (unpaired) electrons. The van der Waals surface area contributed by atoms with Crippen LogP contribution in [0, 0.1) is 0 Å². The highest BCUT2D eigenvalue weighted by molar-refractivity contribution is 5.82. The van der Waals surface area contributed by atoms with Crippen LogP contribution < -0.4 is 18.9 Å². The van der Waals surface area contributed by atoms with Gasteiger partial charge in [0.2, 0.25) is 0 Å². The second-order valence-corrected chi connectivity index (χ2v) is 19.9. The Morgan fingerprint density at radius 3 is 0.803 bits per heavy atom. The number of rotatable bonds is 34. The maximum Gasteiger partial charge on any atom is 0.330 e. The van der Waals surface area contributed by atoms with Crippen molar-refractivity contribution >= 4 is 17.9 Å². The molecule has 0 aromatic heterocycles. The van der Waals surface area contributed by atoms with E-state index in [2.05, 4.69) is 47.4 Å². The van der Waals surface area contributed by atoms with Crippen LogP contribution in [0.5, 0.6) is 23.0 Å². The summed E-state index contributed by atoms with van der Waals surface area (Å²) in [6.07, 6.45) is 21.1. The van der Waals surface area contributed by atoms with E-state index in [0.717, 1.165) is 193 Å². The topological polar surface area (TPSA) is 136 Å². The SMILES string of the molecule is C=CC(=O)OCc1cc2c(OCCCCCC)c(c1)Cc1cc(COC(=O)C=C)cc(c1OCCCCCC)Cc1cc(COC(=O)C=C)cc(c1OCCCCCC)Cc1cc(CO)cc(c1OCCCCCC)C2. The number of hydrogen-bond acceptors (Lipinski definition) is 11. The lowest BCUT2D eigenvalue weighted by atomic mass is 9.88. The van der Waals surface area contributed by atoms with Gasteiger partial charge in [0.15, 0.2) is 0 Å². The lowest BCUT2D eigenvalue weighted by Crippen LogP contribution is -2.13. The molecule has 0 unspecified atom stereocenters. The van der Waals surface area contributed by atoms with Crippen LogP contribution in [0.15, 0.2) is 86.5 Å². The van der Waals surface area contributed by atoms with E-state index in [1.165, 1.54) is 0 Å². The summed E-state index contributed by atoms with van der Waals surface area (Å²) in [4.78, 5) is 38.0. The monoisotopic (exact) mass is 1040 g/mol. The summed E-state index contributed by atoms with van der Waals surface area (Å²) in [5.41, 5.74) is 9.89. The molecule has 8 bridgehead atoms. The largest absolute Gasteiger partial charge is 0.493 e. The minimum Gasteiger partial charge on any atom is -0.493 e. The van der Waals surface area contributed by atoms with Crippen molar-refractivity contribution in [3.63, 3.8) is 0 Å². The fourth-order valence-corrected chi connectivity index (χ4v) is 9.71. The van der Waals surface area contributed by atoms with E-state index in [4.69, 9.17) is 33.2 Å². The molecule has 4 aromatic rings. The van der Waals surface area contributed by atoms with Crippen LogP contribution in [0.4, 0.5) is 0 Å². The Kier molecular flexibility index (Phi) is 26.8. The molecular formula is C65H86O11. The van der Waals surface area contributed by atoms with E-state index in [-0.39, 0.29) is 26.4 Å². The van der Waals surface area contributed by atoms with Crippen molar-refractivity contribution < 1.29 is 52.6 Å². The molecule has 0 amide bonds. The molecule has 0 aliphatic heterocycles. The molecule has 0 atom stereocenters. The maximum atomic E-state index is 12.7. The quantitative estimate of drug-likeness (QED) is 0.0182. The van der Waals surface area contributed by atoms with E-state index >= 15 is 0 Å². The summed E-state index contributed by atoms with van der Waals surface area (Å²) in [6, 6.07) is 16.3. The Bertz CT molecular complexity index is 2380. The van der Waals surface area contributed by atoms with Gasteiger partial charge in [-0.3, -0.25) is 0 Å². The number of aliphatic hydroxyl groups excluding tert-OH is 1. The molecule has 4 aromatic carbocycles. The number of fused-ring (bicyclic) bond motifs is 8. The van der Waals surface area contributed by atoms with E-state index in [9.17, 15) is 19.5 Å². The van der Waals surface area contributed by atoms with Crippen molar-refractivity contribution in [1.82, 2.24) is 0 Å². The summed E-state index contributed by atoms with van der Waals surface area (Å²) in [6.45, 7) is 21.4. The molecule has 0 fully saturated rings. The number of carbonyl (C=O) groups excluding carboxylic acids is 3. The van der Waals surface area contributed by atoms with Gasteiger partial charge in [-0.25, -0.2) is 14.4 Å². The lowest BCUT2D eigenvalue weighted by Gasteiger charge is -2.25. The number of carbonyl (C=O) groups is 3. The highest BCUT2D eigenvalue weighted by atomic mass is 16.5. The second kappa shape index (κ2) is 33.6. The third kappa shape index (κ3) is 19.4. The summed E-state index contributed by atoms with van der Waals surface area (Å²) < 4.78 is 45.2. The normalized spacial score (nSPS) is 11.8. The molecule has 0 heterocycles. The molecule has 76 heavy (non-hydrogen) atoms. The number of unbranched alkanes of at least 4 members (excludes halogenated alkanes) is 12. The summed E-state index contributed by atoms with van der Waals surface area (Å²) in [5.74, 6) is 1.25. The molecule has 1 N–H and O–H groups in total. The lowest BCUT2D eigenvalue weighted by molar-refractivity contribution is -0.139. The predicted molar refractivity (Wildman–Crippen MR) is 301 cm³/mol. The number of hydrogen-bond donors (Lipinski definition) is 1. The van der Waals surface area contributed by atoms with Crippen LogP contribution >= 0.6 is 0 Å². The highest BCUT2D eigenvalue weighted by Crippen LogP contribution is 2.41. The summed E-state index contributed by atoms with van der Waals surface area (Å²) >= 11 is 0. The zero-order valence-corrected chi connectivity index (χ0v) is 46.3. The van der Waals surface area contributed by atoms with E-state index in [0.29, 0.717) is 69.4 Å². The Morgan fingerprint density at radius 2 is 0.605 bits per heavy atom. The van der Waals surface area contributed by atoms with Gasteiger partial charge >= 0.3 is 17.9 Å². The Hall–Kier alpha value is -6.33. The highest BCUT2D eigenvalue weighted by Gasteiger charge is 2.25. The van der Waals surface area contributed by atoms with Gasteiger partial charge in [-0.05, 0) is 141 Å². The number of ether oxygens (including phenoxy) is 7. The van der Waals surface area contributed by atoms with Gasteiger partial charge in [0.25, 0.3) is 0 Å². The first-order valence-electron chi connectivity index (χ1n) is 28.2. The van der Waals surface area contributed by atoms with Crippen LogP contribution in [0.1, 0.15) is 197 Å². The third-order valence-electron chi connectivity index (χ3n) is 13.5. The summed E-state index contributed by atoms with van der Waals surface area (Å²) in [7, 11) is 0. The Balaban J connectivity index is 1.92. The van der Waals surface area contributed by atoms with Crippen molar-refractivity contribution in [2.24, 2.45) is 0 Å². The third-order valence-corrected chi connectivity index (χ3v) is 13.5. The Morgan fingerprint density at radius 1 is 0.382 bits per heavy atom. The average Bonchev–Trinajstić information content (AvgIpc) is 3.42. The van der Waals surface area contributed by atoms with Gasteiger partial charge in [-0.1, -0.05) is 124 Å². The molecule has 0 saturated heterocycles. The molecule has 0 saturated carbocycles. The van der Waals surface area contributed by atoms with E-state index < -0.39 is 17.9 Å². The minimum atomic E-state index is -0.541. The first-order chi connectivity index (χ1) is 37.1. The van der Waals surface area contributed by atoms with Crippen molar-refractivity contribution in [2.75, 3.05) is 26.4 Å². The molecule has 1 aliphatic carbocycles. The number of esters is 3. The first-order valence-corrected chi connectivity index (χ1v) is 28.2. The molecule has 412 valence electrons. The average molecular weight is 1040 g/mol. The van der Waals surface area contributed by atoms with E-state index in [1.807, 2.05) is 48.5 Å². The zero-order valence-electron chi connectivity index (χ0n) is 46.3. The van der Waals surface area contributed by atoms with Gasteiger partial charge in [-0.15, -0.1) is 0 Å². The minimum absolute atomic E-state index is 0.00572. The van der Waals surface area contributed by atoms with Gasteiger partial charge in [0.1, 0.15) is 42.8 Å².